The number of hydrogen-bond donors (Lipinski definition) is 1. The summed E-state index contributed by atoms with van der Waals surface area (Å²) in [7, 11) is -3.05. The van der Waals surface area contributed by atoms with Crippen LogP contribution in [-0.2, 0) is 16.4 Å². The van der Waals surface area contributed by atoms with Crippen molar-refractivity contribution in [3.05, 3.63) is 52.6 Å². The Balaban J connectivity index is 1.61. The standard InChI is InChI=1S/C18H21BrFNO5S/c19-18-6-5-17(26-18)10-21(14-7-8-27(23,24)12-14)9-15(22)11-25-16-3-1-13(20)2-4-16/h1-6,14-15,22H,7-12H2. The summed E-state index contributed by atoms with van der Waals surface area (Å²) in [5.74, 6) is 0.998. The minimum Gasteiger partial charge on any atom is -0.491 e. The summed E-state index contributed by atoms with van der Waals surface area (Å²) in [5.41, 5.74) is 0. The summed E-state index contributed by atoms with van der Waals surface area (Å²) in [6, 6.07) is 8.94. The van der Waals surface area contributed by atoms with Crippen LogP contribution in [0, 0.1) is 5.82 Å². The summed E-state index contributed by atoms with van der Waals surface area (Å²) >= 11 is 3.25. The lowest BCUT2D eigenvalue weighted by Crippen LogP contribution is -2.42. The van der Waals surface area contributed by atoms with Crippen LogP contribution in [0.1, 0.15) is 12.2 Å². The lowest BCUT2D eigenvalue weighted by atomic mass is 10.2. The molecule has 1 aliphatic heterocycles. The van der Waals surface area contributed by atoms with E-state index >= 15 is 0 Å². The summed E-state index contributed by atoms with van der Waals surface area (Å²) in [6.45, 7) is 0.641. The fourth-order valence-corrected chi connectivity index (χ4v) is 5.19. The summed E-state index contributed by atoms with van der Waals surface area (Å²) in [5, 5.41) is 10.4. The first kappa shape index (κ1) is 20.3. The first-order valence-corrected chi connectivity index (χ1v) is 11.2. The Bertz CT molecular complexity index is 855. The molecule has 6 nitrogen and oxygen atoms in total. The van der Waals surface area contributed by atoms with Crippen molar-refractivity contribution in [1.29, 1.82) is 0 Å². The van der Waals surface area contributed by atoms with Crippen LogP contribution in [0.3, 0.4) is 0 Å². The van der Waals surface area contributed by atoms with Crippen molar-refractivity contribution in [2.45, 2.75) is 25.1 Å². The van der Waals surface area contributed by atoms with Crippen LogP contribution in [0.2, 0.25) is 0 Å². The van der Waals surface area contributed by atoms with Crippen LogP contribution in [0.15, 0.2) is 45.5 Å². The molecule has 148 valence electrons. The van der Waals surface area contributed by atoms with Gasteiger partial charge in [-0.05, 0) is 58.7 Å². The van der Waals surface area contributed by atoms with Crippen LogP contribution in [0.5, 0.6) is 5.75 Å². The average molecular weight is 462 g/mol. The van der Waals surface area contributed by atoms with Crippen molar-refractivity contribution in [1.82, 2.24) is 4.90 Å². The number of sulfone groups is 1. The molecular formula is C18H21BrFNO5S. The Labute approximate surface area is 166 Å². The van der Waals surface area contributed by atoms with E-state index in [0.29, 0.717) is 29.1 Å². The Morgan fingerprint density at radius 2 is 2.04 bits per heavy atom. The Hall–Kier alpha value is -1.42. The molecule has 0 spiro atoms. The predicted octanol–water partition coefficient (Wildman–Crippen LogP) is 2.61. The lowest BCUT2D eigenvalue weighted by molar-refractivity contribution is 0.0496. The van der Waals surface area contributed by atoms with Gasteiger partial charge in [-0.3, -0.25) is 4.90 Å². The maximum Gasteiger partial charge on any atom is 0.169 e. The van der Waals surface area contributed by atoms with Crippen LogP contribution in [-0.4, -0.2) is 55.2 Å². The number of nitrogens with zero attached hydrogens (tertiary/aromatic N) is 1. The number of halogens is 2. The van der Waals surface area contributed by atoms with E-state index in [9.17, 15) is 17.9 Å². The van der Waals surface area contributed by atoms with Crippen molar-refractivity contribution in [2.24, 2.45) is 0 Å². The zero-order valence-corrected chi connectivity index (χ0v) is 17.0. The maximum absolute atomic E-state index is 12.9. The molecule has 0 saturated carbocycles. The van der Waals surface area contributed by atoms with Gasteiger partial charge in [0.1, 0.15) is 30.0 Å². The molecule has 1 N–H and O–H groups in total. The van der Waals surface area contributed by atoms with Crippen molar-refractivity contribution >= 4 is 25.8 Å². The van der Waals surface area contributed by atoms with Gasteiger partial charge in [-0.2, -0.15) is 0 Å². The van der Waals surface area contributed by atoms with Gasteiger partial charge in [0.2, 0.25) is 0 Å². The summed E-state index contributed by atoms with van der Waals surface area (Å²) in [6.07, 6.45) is -0.313. The van der Waals surface area contributed by atoms with E-state index in [4.69, 9.17) is 9.15 Å². The normalized spacial score (nSPS) is 20.1. The largest absolute Gasteiger partial charge is 0.491 e. The third-order valence-electron chi connectivity index (χ3n) is 4.41. The number of aliphatic hydroxyl groups excluding tert-OH is 1. The molecule has 0 radical (unpaired) electrons. The van der Waals surface area contributed by atoms with Gasteiger partial charge in [0.15, 0.2) is 14.5 Å². The van der Waals surface area contributed by atoms with E-state index in [-0.39, 0.29) is 36.5 Å². The Kier molecular flexibility index (Phi) is 6.56. The first-order chi connectivity index (χ1) is 12.8. The monoisotopic (exact) mass is 461 g/mol. The first-order valence-electron chi connectivity index (χ1n) is 8.56. The second kappa shape index (κ2) is 8.72. The molecule has 0 amide bonds. The molecule has 0 aliphatic carbocycles. The zero-order valence-electron chi connectivity index (χ0n) is 14.6. The molecule has 2 atom stereocenters. The highest BCUT2D eigenvalue weighted by atomic mass is 79.9. The van der Waals surface area contributed by atoms with Gasteiger partial charge >= 0.3 is 0 Å². The summed E-state index contributed by atoms with van der Waals surface area (Å²) in [4.78, 5) is 1.91. The van der Waals surface area contributed by atoms with Gasteiger partial charge in [-0.1, -0.05) is 0 Å². The molecule has 1 aromatic heterocycles. The molecule has 9 heteroatoms. The van der Waals surface area contributed by atoms with E-state index in [2.05, 4.69) is 15.9 Å². The van der Waals surface area contributed by atoms with Gasteiger partial charge in [0.05, 0.1) is 18.1 Å². The summed E-state index contributed by atoms with van der Waals surface area (Å²) < 4.78 is 48.2. The highest BCUT2D eigenvalue weighted by molar-refractivity contribution is 9.10. The van der Waals surface area contributed by atoms with Crippen LogP contribution < -0.4 is 4.74 Å². The molecule has 27 heavy (non-hydrogen) atoms. The van der Waals surface area contributed by atoms with Crippen molar-refractivity contribution in [3.8, 4) is 5.75 Å². The molecule has 2 aromatic rings. The van der Waals surface area contributed by atoms with Gasteiger partial charge < -0.3 is 14.3 Å². The van der Waals surface area contributed by atoms with Crippen molar-refractivity contribution < 1.29 is 27.1 Å². The minimum absolute atomic E-state index is 0.0173. The SMILES string of the molecule is O=S1(=O)CCC(N(Cc2ccc(Br)o2)CC(O)COc2ccc(F)cc2)C1. The highest BCUT2D eigenvalue weighted by Crippen LogP contribution is 2.22. The topological polar surface area (TPSA) is 80.0 Å². The third-order valence-corrected chi connectivity index (χ3v) is 6.59. The van der Waals surface area contributed by atoms with Crippen molar-refractivity contribution in [2.75, 3.05) is 24.7 Å². The third kappa shape index (κ3) is 6.03. The smallest absolute Gasteiger partial charge is 0.169 e. The van der Waals surface area contributed by atoms with Crippen molar-refractivity contribution in [3.63, 3.8) is 0 Å². The maximum atomic E-state index is 12.9. The van der Waals surface area contributed by atoms with Gasteiger partial charge in [0.25, 0.3) is 0 Å². The molecule has 1 saturated heterocycles. The van der Waals surface area contributed by atoms with Gasteiger partial charge in [0, 0.05) is 12.6 Å². The minimum atomic E-state index is -3.05. The van der Waals surface area contributed by atoms with E-state index in [1.165, 1.54) is 24.3 Å². The van der Waals surface area contributed by atoms with Crippen LogP contribution >= 0.6 is 15.9 Å². The van der Waals surface area contributed by atoms with Gasteiger partial charge in [-0.25, -0.2) is 12.8 Å². The fraction of sp³-hybridized carbons (Fsp3) is 0.444. The Morgan fingerprint density at radius 1 is 1.30 bits per heavy atom. The van der Waals surface area contributed by atoms with E-state index in [1.54, 1.807) is 6.07 Å². The number of ether oxygens (including phenoxy) is 1. The molecule has 2 heterocycles. The fourth-order valence-electron chi connectivity index (χ4n) is 3.09. The van der Waals surface area contributed by atoms with Crippen LogP contribution in [0.4, 0.5) is 4.39 Å². The van der Waals surface area contributed by atoms with Gasteiger partial charge in [-0.15, -0.1) is 0 Å². The molecule has 1 fully saturated rings. The number of benzene rings is 1. The molecule has 3 rings (SSSR count). The molecule has 1 aromatic carbocycles. The Morgan fingerprint density at radius 3 is 2.63 bits per heavy atom. The number of rotatable bonds is 8. The highest BCUT2D eigenvalue weighted by Gasteiger charge is 2.33. The zero-order chi connectivity index (χ0) is 19.4. The molecule has 1 aliphatic rings. The number of furan rings is 1. The lowest BCUT2D eigenvalue weighted by Gasteiger charge is -2.29. The number of aliphatic hydroxyl groups is 1. The number of hydrogen-bond acceptors (Lipinski definition) is 6. The molecule has 0 bridgehead atoms. The second-order valence-corrected chi connectivity index (χ2v) is 9.62. The average Bonchev–Trinajstić information content (AvgIpc) is 3.18. The van der Waals surface area contributed by atoms with E-state index in [1.807, 2.05) is 11.0 Å². The predicted molar refractivity (Wildman–Crippen MR) is 102 cm³/mol. The van der Waals surface area contributed by atoms with E-state index in [0.717, 1.165) is 0 Å². The second-order valence-electron chi connectivity index (χ2n) is 6.61. The molecule has 2 unspecified atom stereocenters. The molecular weight excluding hydrogens is 441 g/mol. The van der Waals surface area contributed by atoms with Crippen LogP contribution in [0.25, 0.3) is 0 Å². The quantitative estimate of drug-likeness (QED) is 0.650. The van der Waals surface area contributed by atoms with E-state index < -0.39 is 15.9 Å².